The van der Waals surface area contributed by atoms with Crippen molar-refractivity contribution in [2.45, 2.75) is 25.7 Å². The summed E-state index contributed by atoms with van der Waals surface area (Å²) in [5, 5.41) is 12.8. The van der Waals surface area contributed by atoms with Crippen LogP contribution in [-0.2, 0) is 12.8 Å². The third-order valence-corrected chi connectivity index (χ3v) is 8.96. The van der Waals surface area contributed by atoms with Crippen molar-refractivity contribution in [1.82, 2.24) is 4.98 Å². The Hall–Kier alpha value is -4.66. The number of fused-ring (bicyclic) bond motifs is 3. The summed E-state index contributed by atoms with van der Waals surface area (Å²) < 4.78 is 14.4. The molecular formula is C35H30FN3O3S. The molecule has 3 heterocycles. The molecule has 5 aromatic rings. The van der Waals surface area contributed by atoms with Gasteiger partial charge in [-0.2, -0.15) is 0 Å². The third-order valence-electron chi connectivity index (χ3n) is 7.76. The van der Waals surface area contributed by atoms with Crippen molar-refractivity contribution in [3.05, 3.63) is 136 Å². The number of aryl methyl sites for hydroxylation is 1. The highest BCUT2D eigenvalue weighted by Gasteiger charge is 2.28. The second-order valence-electron chi connectivity index (χ2n) is 10.6. The number of pyridine rings is 1. The van der Waals surface area contributed by atoms with E-state index in [2.05, 4.69) is 5.32 Å². The van der Waals surface area contributed by atoms with Crippen LogP contribution in [0.15, 0.2) is 97.1 Å². The molecule has 3 aromatic carbocycles. The van der Waals surface area contributed by atoms with Gasteiger partial charge in [0, 0.05) is 28.6 Å². The number of hydrogen-bond acceptors (Lipinski definition) is 5. The molecule has 216 valence electrons. The minimum atomic E-state index is -0.476. The normalized spacial score (nSPS) is 13.0. The molecule has 2 aromatic heterocycles. The first kappa shape index (κ1) is 28.5. The lowest BCUT2D eigenvalue weighted by Gasteiger charge is -2.23. The number of benzene rings is 3. The number of nitrogens with zero attached hydrogens (tertiary/aromatic N) is 2. The van der Waals surface area contributed by atoms with Gasteiger partial charge in [0.2, 0.25) is 0 Å². The Kier molecular flexibility index (Phi) is 8.13. The fraction of sp³-hybridized carbons (Fsp3) is 0.171. The summed E-state index contributed by atoms with van der Waals surface area (Å²) >= 11 is 1.34. The highest BCUT2D eigenvalue weighted by atomic mass is 32.1. The summed E-state index contributed by atoms with van der Waals surface area (Å²) in [5.41, 5.74) is 5.48. The van der Waals surface area contributed by atoms with Crippen molar-refractivity contribution >= 4 is 34.5 Å². The Bertz CT molecular complexity index is 1780. The van der Waals surface area contributed by atoms with Crippen molar-refractivity contribution in [3.8, 4) is 10.4 Å². The SMILES string of the molecule is Cc1cccc(F)c1NC(=O)c1cc2c(s1)-c1ccccc1N(C(=O)c1cccc(C[C@H](CO)c3ccccc3)n1)CC2. The first-order chi connectivity index (χ1) is 20.9. The van der Waals surface area contributed by atoms with E-state index in [0.717, 1.165) is 32.9 Å². The minimum absolute atomic E-state index is 0.0221. The molecule has 0 radical (unpaired) electrons. The standard InChI is InChI=1S/C35H30FN3O3S/c1-22-9-7-14-28(36)32(22)38-34(41)31-20-24-17-18-39(30-16-6-5-13-27(30)33(24)43-31)35(42)29-15-8-12-26(37-29)19-25(21-40)23-10-3-2-4-11-23/h2-16,20,25,40H,17-19,21H2,1H3,(H,38,41)/t25-/m1/s1. The van der Waals surface area contributed by atoms with Crippen LogP contribution < -0.4 is 10.2 Å². The van der Waals surface area contributed by atoms with Gasteiger partial charge in [0.15, 0.2) is 0 Å². The predicted molar refractivity (Wildman–Crippen MR) is 168 cm³/mol. The van der Waals surface area contributed by atoms with Gasteiger partial charge in [-0.05, 0) is 66.8 Å². The first-order valence-electron chi connectivity index (χ1n) is 14.1. The molecule has 1 aliphatic rings. The number of halogens is 1. The Balaban J connectivity index is 1.26. The highest BCUT2D eigenvalue weighted by Crippen LogP contribution is 2.42. The lowest BCUT2D eigenvalue weighted by Crippen LogP contribution is -2.33. The van der Waals surface area contributed by atoms with E-state index in [-0.39, 0.29) is 30.0 Å². The van der Waals surface area contributed by atoms with E-state index in [1.807, 2.05) is 72.8 Å². The van der Waals surface area contributed by atoms with Crippen LogP contribution in [-0.4, -0.2) is 35.1 Å². The molecule has 2 N–H and O–H groups in total. The van der Waals surface area contributed by atoms with Crippen molar-refractivity contribution in [2.75, 3.05) is 23.4 Å². The molecule has 0 bridgehead atoms. The van der Waals surface area contributed by atoms with Crippen LogP contribution in [0.3, 0.4) is 0 Å². The molecule has 8 heteroatoms. The van der Waals surface area contributed by atoms with Gasteiger partial charge >= 0.3 is 0 Å². The number of aliphatic hydroxyl groups is 1. The summed E-state index contributed by atoms with van der Waals surface area (Å²) in [6.07, 6.45) is 1.05. The van der Waals surface area contributed by atoms with Gasteiger partial charge in [0.25, 0.3) is 11.8 Å². The average molecular weight is 592 g/mol. The van der Waals surface area contributed by atoms with Crippen LogP contribution >= 0.6 is 11.3 Å². The molecule has 6 rings (SSSR count). The molecule has 6 nitrogen and oxygen atoms in total. The smallest absolute Gasteiger partial charge is 0.276 e. The highest BCUT2D eigenvalue weighted by molar-refractivity contribution is 7.17. The largest absolute Gasteiger partial charge is 0.396 e. The van der Waals surface area contributed by atoms with Crippen LogP contribution in [0.25, 0.3) is 10.4 Å². The van der Waals surface area contributed by atoms with Gasteiger partial charge in [-0.15, -0.1) is 11.3 Å². The fourth-order valence-electron chi connectivity index (χ4n) is 5.50. The van der Waals surface area contributed by atoms with E-state index in [1.54, 1.807) is 30.0 Å². The number of anilines is 2. The number of nitrogens with one attached hydrogen (secondary N) is 1. The number of aromatic nitrogens is 1. The Morgan fingerprint density at radius 1 is 1.00 bits per heavy atom. The van der Waals surface area contributed by atoms with Crippen molar-refractivity contribution in [1.29, 1.82) is 0 Å². The average Bonchev–Trinajstić information content (AvgIpc) is 3.40. The van der Waals surface area contributed by atoms with Crippen molar-refractivity contribution < 1.29 is 19.1 Å². The second-order valence-corrected chi connectivity index (χ2v) is 11.6. The van der Waals surface area contributed by atoms with Gasteiger partial charge in [-0.25, -0.2) is 9.37 Å². The number of rotatable bonds is 7. The van der Waals surface area contributed by atoms with E-state index < -0.39 is 5.82 Å². The van der Waals surface area contributed by atoms with E-state index >= 15 is 0 Å². The molecule has 2 amide bonds. The maximum Gasteiger partial charge on any atom is 0.276 e. The molecule has 43 heavy (non-hydrogen) atoms. The zero-order chi connectivity index (χ0) is 29.9. The number of aliphatic hydroxyl groups excluding tert-OH is 1. The zero-order valence-corrected chi connectivity index (χ0v) is 24.4. The topological polar surface area (TPSA) is 82.5 Å². The molecule has 0 saturated carbocycles. The summed E-state index contributed by atoms with van der Waals surface area (Å²) in [6, 6.07) is 29.4. The maximum absolute atomic E-state index is 14.4. The molecule has 0 fully saturated rings. The lowest BCUT2D eigenvalue weighted by atomic mass is 9.95. The molecule has 0 aliphatic carbocycles. The number of para-hydroxylation sites is 2. The Morgan fingerprint density at radius 3 is 2.56 bits per heavy atom. The van der Waals surface area contributed by atoms with Crippen molar-refractivity contribution in [3.63, 3.8) is 0 Å². The van der Waals surface area contributed by atoms with Gasteiger partial charge in [-0.1, -0.05) is 66.7 Å². The van der Waals surface area contributed by atoms with Crippen LogP contribution in [0.2, 0.25) is 0 Å². The summed E-state index contributed by atoms with van der Waals surface area (Å²) in [4.78, 5) is 34.9. The summed E-state index contributed by atoms with van der Waals surface area (Å²) in [6.45, 7) is 2.14. The van der Waals surface area contributed by atoms with E-state index in [0.29, 0.717) is 35.5 Å². The molecule has 0 unspecified atom stereocenters. The molecular weight excluding hydrogens is 561 g/mol. The second kappa shape index (κ2) is 12.3. The number of hydrogen-bond donors (Lipinski definition) is 2. The van der Waals surface area contributed by atoms with Crippen molar-refractivity contribution in [2.24, 2.45) is 0 Å². The number of carbonyl (C=O) groups is 2. The quantitative estimate of drug-likeness (QED) is 0.213. The number of amides is 2. The molecule has 1 atom stereocenters. The maximum atomic E-state index is 14.4. The number of carbonyl (C=O) groups excluding carboxylic acids is 2. The van der Waals surface area contributed by atoms with E-state index in [9.17, 15) is 19.1 Å². The Labute approximate surface area is 253 Å². The zero-order valence-electron chi connectivity index (χ0n) is 23.6. The van der Waals surface area contributed by atoms with Gasteiger partial charge in [0.05, 0.1) is 22.9 Å². The molecule has 0 saturated heterocycles. The van der Waals surface area contributed by atoms with E-state index in [4.69, 9.17) is 4.98 Å². The molecule has 0 spiro atoms. The van der Waals surface area contributed by atoms with Crippen LogP contribution in [0, 0.1) is 12.7 Å². The van der Waals surface area contributed by atoms with Gasteiger partial charge < -0.3 is 15.3 Å². The summed E-state index contributed by atoms with van der Waals surface area (Å²) in [7, 11) is 0. The molecule has 1 aliphatic heterocycles. The lowest BCUT2D eigenvalue weighted by molar-refractivity contribution is 0.0981. The summed E-state index contributed by atoms with van der Waals surface area (Å²) in [5.74, 6) is -1.18. The van der Waals surface area contributed by atoms with Crippen LogP contribution in [0.4, 0.5) is 15.8 Å². The third kappa shape index (κ3) is 5.84. The van der Waals surface area contributed by atoms with Crippen LogP contribution in [0.1, 0.15) is 48.5 Å². The van der Waals surface area contributed by atoms with Gasteiger partial charge in [0.1, 0.15) is 11.5 Å². The monoisotopic (exact) mass is 591 g/mol. The Morgan fingerprint density at radius 2 is 1.77 bits per heavy atom. The fourth-order valence-corrected chi connectivity index (χ4v) is 6.64. The van der Waals surface area contributed by atoms with E-state index in [1.165, 1.54) is 17.4 Å². The minimum Gasteiger partial charge on any atom is -0.396 e. The number of thiophene rings is 1. The predicted octanol–water partition coefficient (Wildman–Crippen LogP) is 7.03. The first-order valence-corrected chi connectivity index (χ1v) is 15.0. The van der Waals surface area contributed by atoms with Gasteiger partial charge in [-0.3, -0.25) is 9.59 Å². The van der Waals surface area contributed by atoms with Crippen LogP contribution in [0.5, 0.6) is 0 Å².